The van der Waals surface area contributed by atoms with Crippen LogP contribution in [0.15, 0.2) is 42.5 Å². The number of nitrogens with one attached hydrogen (secondary N) is 2. The number of carboxylic acids is 1. The van der Waals surface area contributed by atoms with Gasteiger partial charge in [0, 0.05) is 5.69 Å². The first-order valence-electron chi connectivity index (χ1n) is 7.16. The third-order valence-corrected chi connectivity index (χ3v) is 4.08. The fraction of sp³-hybridized carbons (Fsp3) is 0.176. The molecule has 0 aromatic heterocycles. The molecule has 2 rings (SSSR count). The number of urea groups is 1. The largest absolute Gasteiger partial charge is 0.481 e. The van der Waals surface area contributed by atoms with E-state index in [2.05, 4.69) is 10.6 Å². The number of amides is 2. The molecule has 7 heteroatoms. The Bertz CT molecular complexity index is 748. The monoisotopic (exact) mass is 366 g/mol. The van der Waals surface area contributed by atoms with E-state index in [-0.39, 0.29) is 6.42 Å². The fourth-order valence-corrected chi connectivity index (χ4v) is 2.42. The molecule has 0 aliphatic rings. The summed E-state index contributed by atoms with van der Waals surface area (Å²) < 4.78 is 0. The molecule has 3 N–H and O–H groups in total. The topological polar surface area (TPSA) is 78.4 Å². The average molecular weight is 367 g/mol. The minimum atomic E-state index is -1.00. The molecule has 2 aromatic rings. The summed E-state index contributed by atoms with van der Waals surface area (Å²) >= 11 is 11.7. The van der Waals surface area contributed by atoms with Gasteiger partial charge in [-0.1, -0.05) is 53.0 Å². The molecule has 0 saturated carbocycles. The summed E-state index contributed by atoms with van der Waals surface area (Å²) in [6.07, 6.45) is -0.224. The van der Waals surface area contributed by atoms with Crippen molar-refractivity contribution in [3.8, 4) is 0 Å². The molecular formula is C17H16Cl2N2O3. The van der Waals surface area contributed by atoms with Gasteiger partial charge in [0.05, 0.1) is 22.5 Å². The van der Waals surface area contributed by atoms with Crippen LogP contribution in [0.2, 0.25) is 10.0 Å². The van der Waals surface area contributed by atoms with Crippen molar-refractivity contribution < 1.29 is 14.7 Å². The van der Waals surface area contributed by atoms with Gasteiger partial charge in [0.2, 0.25) is 0 Å². The maximum Gasteiger partial charge on any atom is 0.319 e. The molecule has 0 radical (unpaired) electrons. The first-order valence-corrected chi connectivity index (χ1v) is 7.91. The minimum absolute atomic E-state index is 0.224. The second-order valence-corrected chi connectivity index (χ2v) is 6.10. The molecule has 0 bridgehead atoms. The van der Waals surface area contributed by atoms with E-state index in [4.69, 9.17) is 28.3 Å². The number of carboxylic acid groups (broad SMARTS) is 1. The number of benzene rings is 2. The van der Waals surface area contributed by atoms with Crippen molar-refractivity contribution >= 4 is 40.9 Å². The van der Waals surface area contributed by atoms with Crippen molar-refractivity contribution in [3.63, 3.8) is 0 Å². The lowest BCUT2D eigenvalue weighted by atomic mass is 10.0. The number of rotatable bonds is 5. The van der Waals surface area contributed by atoms with Crippen molar-refractivity contribution in [2.75, 3.05) is 5.32 Å². The summed E-state index contributed by atoms with van der Waals surface area (Å²) in [5.41, 5.74) is 2.22. The zero-order valence-electron chi connectivity index (χ0n) is 12.8. The highest BCUT2D eigenvalue weighted by Gasteiger charge is 2.18. The lowest BCUT2D eigenvalue weighted by Crippen LogP contribution is -2.33. The van der Waals surface area contributed by atoms with Crippen LogP contribution in [0.25, 0.3) is 0 Å². The third kappa shape index (κ3) is 5.15. The smallest absolute Gasteiger partial charge is 0.319 e. The predicted octanol–water partition coefficient (Wildman–Crippen LogP) is 4.64. The van der Waals surface area contributed by atoms with Crippen LogP contribution >= 0.6 is 23.2 Å². The normalized spacial score (nSPS) is 11.6. The van der Waals surface area contributed by atoms with E-state index in [1.165, 1.54) is 6.07 Å². The van der Waals surface area contributed by atoms with E-state index < -0.39 is 18.0 Å². The lowest BCUT2D eigenvalue weighted by Gasteiger charge is -2.18. The molecular weight excluding hydrogens is 351 g/mol. The van der Waals surface area contributed by atoms with E-state index in [1.54, 1.807) is 24.3 Å². The zero-order valence-corrected chi connectivity index (χ0v) is 14.4. The summed E-state index contributed by atoms with van der Waals surface area (Å²) in [7, 11) is 0. The van der Waals surface area contributed by atoms with Gasteiger partial charge in [-0.2, -0.15) is 0 Å². The van der Waals surface area contributed by atoms with Gasteiger partial charge in [-0.15, -0.1) is 0 Å². The molecule has 2 amide bonds. The Morgan fingerprint density at radius 3 is 2.33 bits per heavy atom. The Balaban J connectivity index is 2.10. The predicted molar refractivity (Wildman–Crippen MR) is 94.8 cm³/mol. The Morgan fingerprint density at radius 1 is 1.08 bits per heavy atom. The summed E-state index contributed by atoms with van der Waals surface area (Å²) in [6, 6.07) is 10.8. The van der Waals surface area contributed by atoms with Gasteiger partial charge in [-0.25, -0.2) is 4.79 Å². The van der Waals surface area contributed by atoms with E-state index in [0.29, 0.717) is 21.3 Å². The van der Waals surface area contributed by atoms with Gasteiger partial charge >= 0.3 is 12.0 Å². The average Bonchev–Trinajstić information content (AvgIpc) is 2.50. The van der Waals surface area contributed by atoms with Gasteiger partial charge in [0.1, 0.15) is 0 Å². The molecule has 126 valence electrons. The molecule has 2 aromatic carbocycles. The van der Waals surface area contributed by atoms with E-state index in [1.807, 2.05) is 19.1 Å². The molecule has 0 spiro atoms. The minimum Gasteiger partial charge on any atom is -0.481 e. The van der Waals surface area contributed by atoms with Crippen molar-refractivity contribution in [3.05, 3.63) is 63.6 Å². The zero-order chi connectivity index (χ0) is 17.7. The van der Waals surface area contributed by atoms with Gasteiger partial charge in [0.25, 0.3) is 0 Å². The van der Waals surface area contributed by atoms with Crippen LogP contribution in [-0.4, -0.2) is 17.1 Å². The lowest BCUT2D eigenvalue weighted by molar-refractivity contribution is -0.137. The maximum absolute atomic E-state index is 12.1. The van der Waals surface area contributed by atoms with Crippen LogP contribution in [0.1, 0.15) is 23.6 Å². The fourth-order valence-electron chi connectivity index (χ4n) is 2.12. The first kappa shape index (κ1) is 18.1. The highest BCUT2D eigenvalue weighted by Crippen LogP contribution is 2.25. The molecule has 0 aliphatic heterocycles. The van der Waals surface area contributed by atoms with Crippen LogP contribution < -0.4 is 10.6 Å². The highest BCUT2D eigenvalue weighted by atomic mass is 35.5. The summed E-state index contributed by atoms with van der Waals surface area (Å²) in [4.78, 5) is 23.2. The molecule has 24 heavy (non-hydrogen) atoms. The summed E-state index contributed by atoms with van der Waals surface area (Å²) in [5.74, 6) is -1.00. The number of aryl methyl sites for hydroxylation is 1. The second kappa shape index (κ2) is 8.04. The molecule has 0 heterocycles. The van der Waals surface area contributed by atoms with Crippen molar-refractivity contribution in [2.45, 2.75) is 19.4 Å². The Kier molecular flexibility index (Phi) is 6.06. The number of hydrogen-bond donors (Lipinski definition) is 3. The van der Waals surface area contributed by atoms with Crippen LogP contribution in [0.4, 0.5) is 10.5 Å². The number of hydrogen-bond acceptors (Lipinski definition) is 2. The van der Waals surface area contributed by atoms with E-state index in [0.717, 1.165) is 5.56 Å². The summed E-state index contributed by atoms with van der Waals surface area (Å²) in [5, 5.41) is 15.0. The molecule has 0 fully saturated rings. The number of carbonyl (C=O) groups excluding carboxylic acids is 1. The van der Waals surface area contributed by atoms with E-state index in [9.17, 15) is 9.59 Å². The number of anilines is 1. The number of aliphatic carboxylic acids is 1. The maximum atomic E-state index is 12.1. The van der Waals surface area contributed by atoms with Crippen molar-refractivity contribution in [2.24, 2.45) is 0 Å². The van der Waals surface area contributed by atoms with Gasteiger partial charge < -0.3 is 15.7 Å². The van der Waals surface area contributed by atoms with Crippen LogP contribution in [0.5, 0.6) is 0 Å². The van der Waals surface area contributed by atoms with Gasteiger partial charge in [-0.05, 0) is 30.7 Å². The first-order chi connectivity index (χ1) is 11.3. The van der Waals surface area contributed by atoms with Crippen LogP contribution in [0, 0.1) is 6.92 Å². The third-order valence-electron chi connectivity index (χ3n) is 3.34. The molecule has 5 nitrogen and oxygen atoms in total. The quantitative estimate of drug-likeness (QED) is 0.720. The summed E-state index contributed by atoms with van der Waals surface area (Å²) in [6.45, 7) is 1.93. The standard InChI is InChI=1S/C17H16Cl2N2O3/c1-10-2-4-11(5-3-10)15(9-16(22)23)21-17(24)20-12-6-7-13(18)14(19)8-12/h2-8,15H,9H2,1H3,(H,22,23)(H2,20,21,24). The molecule has 0 saturated heterocycles. The van der Waals surface area contributed by atoms with Crippen LogP contribution in [0.3, 0.4) is 0 Å². The number of halogens is 2. The SMILES string of the molecule is Cc1ccc(C(CC(=O)O)NC(=O)Nc2ccc(Cl)c(Cl)c2)cc1. The Morgan fingerprint density at radius 2 is 1.75 bits per heavy atom. The van der Waals surface area contributed by atoms with E-state index >= 15 is 0 Å². The Hall–Kier alpha value is -2.24. The van der Waals surface area contributed by atoms with Crippen molar-refractivity contribution in [1.29, 1.82) is 0 Å². The molecule has 0 aliphatic carbocycles. The Labute approximate surface area is 149 Å². The highest BCUT2D eigenvalue weighted by molar-refractivity contribution is 6.42. The second-order valence-electron chi connectivity index (χ2n) is 5.29. The molecule has 1 unspecified atom stereocenters. The van der Waals surface area contributed by atoms with Crippen molar-refractivity contribution in [1.82, 2.24) is 5.32 Å². The molecule has 1 atom stereocenters. The van der Waals surface area contributed by atoms with Gasteiger partial charge in [-0.3, -0.25) is 4.79 Å². The van der Waals surface area contributed by atoms with Crippen LogP contribution in [-0.2, 0) is 4.79 Å². The van der Waals surface area contributed by atoms with Gasteiger partial charge in [0.15, 0.2) is 0 Å². The number of carbonyl (C=O) groups is 2.